The van der Waals surface area contributed by atoms with Crippen LogP contribution < -0.4 is 4.90 Å². The highest BCUT2D eigenvalue weighted by Crippen LogP contribution is 2.48. The topological polar surface area (TPSA) is 3.24 Å². The smallest absolute Gasteiger partial charge is 0.0645 e. The largest absolute Gasteiger partial charge is 0.310 e. The van der Waals surface area contributed by atoms with Gasteiger partial charge in [-0.3, -0.25) is 0 Å². The molecule has 11 aromatic rings. The van der Waals surface area contributed by atoms with Crippen LogP contribution in [0.15, 0.2) is 199 Å². The quantitative estimate of drug-likeness (QED) is 0.161. The van der Waals surface area contributed by atoms with E-state index in [0.29, 0.717) is 4.90 Å². The predicted octanol–water partition coefficient (Wildman–Crippen LogP) is 14.8. The zero-order valence-corrected chi connectivity index (χ0v) is 26.5. The number of nitrogens with zero attached hydrogens (tertiary/aromatic N) is 1. The first kappa shape index (κ1) is 12.0. The average molecular weight is 704 g/mol. The van der Waals surface area contributed by atoms with E-state index >= 15 is 0 Å². The zero-order valence-electron chi connectivity index (χ0n) is 58.5. The molecule has 0 amide bonds. The van der Waals surface area contributed by atoms with E-state index in [2.05, 4.69) is 0 Å². The molecular formula is C52H33N. The molecule has 0 bridgehead atoms. The van der Waals surface area contributed by atoms with Gasteiger partial charge in [-0.2, -0.15) is 0 Å². The second-order valence-corrected chi connectivity index (χ2v) is 11.6. The Morgan fingerprint density at radius 2 is 0.660 bits per heavy atom. The van der Waals surface area contributed by atoms with E-state index in [-0.39, 0.29) is 0 Å². The number of fused-ring (bicyclic) bond motifs is 2. The molecule has 11 aromatic carbocycles. The van der Waals surface area contributed by atoms with Gasteiger partial charge >= 0.3 is 0 Å². The molecule has 0 N–H and O–H groups in total. The lowest BCUT2D eigenvalue weighted by Crippen LogP contribution is -2.10. The van der Waals surface area contributed by atoms with E-state index in [1.54, 1.807) is 0 Å². The van der Waals surface area contributed by atoms with Gasteiger partial charge in [0.1, 0.15) is 0 Å². The summed E-state index contributed by atoms with van der Waals surface area (Å²) in [6.07, 6.45) is 0. The Morgan fingerprint density at radius 1 is 0.283 bits per heavy atom. The minimum Gasteiger partial charge on any atom is -0.310 e. The summed E-state index contributed by atoms with van der Waals surface area (Å²) in [6.45, 7) is 0. The lowest BCUT2D eigenvalue weighted by atomic mass is 9.87. The van der Waals surface area contributed by atoms with Crippen LogP contribution in [0, 0.1) is 0 Å². The van der Waals surface area contributed by atoms with E-state index < -0.39 is 297 Å². The van der Waals surface area contributed by atoms with Gasteiger partial charge in [0.2, 0.25) is 0 Å². The van der Waals surface area contributed by atoms with Gasteiger partial charge in [-0.05, 0) is 106 Å². The highest BCUT2D eigenvalue weighted by atomic mass is 15.1. The van der Waals surface area contributed by atoms with Crippen molar-refractivity contribution in [3.63, 3.8) is 0 Å². The Morgan fingerprint density at radius 3 is 1.15 bits per heavy atom. The molecule has 0 fully saturated rings. The maximum absolute atomic E-state index is 9.87. The molecule has 0 unspecified atom stereocenters. The number of benzene rings is 10. The van der Waals surface area contributed by atoms with Crippen LogP contribution in [-0.2, 0) is 0 Å². The van der Waals surface area contributed by atoms with Gasteiger partial charge in [-0.25, -0.2) is 0 Å². The van der Waals surface area contributed by atoms with Crippen molar-refractivity contribution in [2.45, 2.75) is 0 Å². The molecule has 0 aromatic heterocycles. The SMILES string of the molecule is [2H]c1c([2H])c([2H])c(-c2c([2H])c([2H])c(N(c3c([2H])c([2H])c(-c4c([2H])c([2H])c([2H])c([2H])c4[2H])c([2H])c3[2H])c3cc4c([2H])c([2H])c([2H])c5c6c([2H])c([2H])c([2H])c7c([2H])c([2H])c8c([2H])c([2H])c([2H])c(c9c([2H])c([2H])c([2H])c3c9c45)c8c76)c([2H])c2[2H])c([2H])c1[2H]. The predicted molar refractivity (Wildman–Crippen MR) is 228 cm³/mol. The van der Waals surface area contributed by atoms with E-state index in [9.17, 15) is 24.7 Å². The number of hydrogen-bond acceptors (Lipinski definition) is 1. The van der Waals surface area contributed by atoms with Gasteiger partial charge in [0.05, 0.1) is 49.6 Å². The van der Waals surface area contributed by atoms with E-state index in [1.807, 2.05) is 0 Å². The van der Waals surface area contributed by atoms with Gasteiger partial charge in [-0.15, -0.1) is 0 Å². The molecule has 1 nitrogen and oxygen atoms in total. The molecule has 53 heavy (non-hydrogen) atoms. The molecular weight excluding hydrogens is 639 g/mol. The molecule has 0 aliphatic rings. The Kier molecular flexibility index (Phi) is 2.68. The van der Waals surface area contributed by atoms with Crippen LogP contribution in [-0.4, -0.2) is 0 Å². The highest BCUT2D eigenvalue weighted by molar-refractivity contribution is 6.38. The lowest BCUT2D eigenvalue weighted by Gasteiger charge is -2.28. The molecule has 0 spiro atoms. The van der Waals surface area contributed by atoms with Crippen molar-refractivity contribution in [3.8, 4) is 22.3 Å². The van der Waals surface area contributed by atoms with Crippen molar-refractivity contribution in [2.24, 2.45) is 0 Å². The molecule has 246 valence electrons. The third kappa shape index (κ3) is 4.64. The maximum atomic E-state index is 9.87. The second-order valence-electron chi connectivity index (χ2n) is 11.6. The summed E-state index contributed by atoms with van der Waals surface area (Å²) in [5.74, 6) is 0. The molecule has 0 aliphatic heterocycles. The summed E-state index contributed by atoms with van der Waals surface area (Å²) in [5, 5.41) is -7.07. The fourth-order valence-electron chi connectivity index (χ4n) is 6.59. The third-order valence-corrected chi connectivity index (χ3v) is 8.79. The Bertz CT molecular complexity index is 4780. The first-order valence-electron chi connectivity index (χ1n) is 31.7. The van der Waals surface area contributed by atoms with Gasteiger partial charge in [0.15, 0.2) is 0 Å². The fraction of sp³-hybridized carbons (Fsp3) is 0. The van der Waals surface area contributed by atoms with Crippen LogP contribution in [0.4, 0.5) is 17.1 Å². The average Bonchev–Trinajstić information content (AvgIpc) is 0.698. The van der Waals surface area contributed by atoms with Crippen LogP contribution in [0.3, 0.4) is 0 Å². The Hall–Kier alpha value is -6.96. The van der Waals surface area contributed by atoms with E-state index in [4.69, 9.17) is 19.2 Å². The van der Waals surface area contributed by atoms with Gasteiger partial charge in [-0.1, -0.05) is 169 Å². The summed E-state index contributed by atoms with van der Waals surface area (Å²) < 4.78 is 294. The molecule has 0 saturated carbocycles. The number of rotatable bonds is 5. The number of hydrogen-bond donors (Lipinski definition) is 0. The van der Waals surface area contributed by atoms with Crippen molar-refractivity contribution < 1.29 is 43.9 Å². The molecule has 0 saturated heterocycles. The van der Waals surface area contributed by atoms with Crippen LogP contribution in [0.25, 0.3) is 86.9 Å². The molecule has 0 atom stereocenters. The van der Waals surface area contributed by atoms with Crippen LogP contribution in [0.1, 0.15) is 43.9 Å². The first-order valence-corrected chi connectivity index (χ1v) is 15.7. The van der Waals surface area contributed by atoms with Crippen molar-refractivity contribution in [2.75, 3.05) is 4.90 Å². The Balaban J connectivity index is 1.49. The summed E-state index contributed by atoms with van der Waals surface area (Å²) in [4.78, 5) is 0.502. The third-order valence-electron chi connectivity index (χ3n) is 8.79. The molecule has 0 aliphatic carbocycles. The van der Waals surface area contributed by atoms with E-state index in [0.717, 1.165) is 6.07 Å². The molecule has 0 radical (unpaired) electrons. The Labute approximate surface area is 352 Å². The molecule has 11 rings (SSSR count). The van der Waals surface area contributed by atoms with Crippen LogP contribution in [0.5, 0.6) is 0 Å². The first-order chi connectivity index (χ1) is 39.6. The number of anilines is 3. The molecule has 0 heterocycles. The summed E-state index contributed by atoms with van der Waals surface area (Å²) in [7, 11) is 0. The normalized spacial score (nSPS) is 20.2. The van der Waals surface area contributed by atoms with Gasteiger partial charge in [0.25, 0.3) is 0 Å². The summed E-state index contributed by atoms with van der Waals surface area (Å²) in [5.41, 5.74) is -6.56. The van der Waals surface area contributed by atoms with Gasteiger partial charge in [0, 0.05) is 22.1 Å². The monoisotopic (exact) mass is 703 g/mol. The summed E-state index contributed by atoms with van der Waals surface area (Å²) in [6, 6.07) is -31.4. The maximum Gasteiger partial charge on any atom is 0.0645 e. The van der Waals surface area contributed by atoms with Crippen LogP contribution in [0.2, 0.25) is 0 Å². The van der Waals surface area contributed by atoms with Crippen molar-refractivity contribution in [3.05, 3.63) is 199 Å². The second kappa shape index (κ2) is 11.8. The highest BCUT2D eigenvalue weighted by Gasteiger charge is 2.21. The zero-order chi connectivity index (χ0) is 62.7. The van der Waals surface area contributed by atoms with Crippen LogP contribution >= 0.6 is 0 Å². The minimum absolute atomic E-state index is 0.443. The van der Waals surface area contributed by atoms with E-state index in [1.165, 1.54) is 0 Å². The van der Waals surface area contributed by atoms with Crippen molar-refractivity contribution >= 4 is 81.7 Å². The molecule has 1 heteroatoms. The minimum atomic E-state index is -1.25. The lowest BCUT2D eigenvalue weighted by molar-refractivity contribution is 1.30. The van der Waals surface area contributed by atoms with Crippen molar-refractivity contribution in [1.29, 1.82) is 0 Å². The standard InChI is InChI=1S/C52H33N/c1-3-11-34(12-4-1)36-25-29-41(30-26-36)53(42-31-27-37(28-32-42)35-13-5-2-6-14-35)48-33-40-17-9-20-44-43-18-7-15-38-23-24-39-16-8-19-45(50(39)49(38)43)46-21-10-22-47(48)52(46)51(40)44/h1-33H/i1D,2D,3D,4D,5D,6D,7D,8D,9D,10D,11D,12D,13D,14D,15D,16D,17D,18D,19D,20D,21D,22D,23D,24D,25D,26D,27D,28D,29D,30D,31D,32D. The fourth-order valence-corrected chi connectivity index (χ4v) is 6.59. The van der Waals surface area contributed by atoms with Crippen molar-refractivity contribution in [1.82, 2.24) is 0 Å². The summed E-state index contributed by atoms with van der Waals surface area (Å²) >= 11 is 0. The van der Waals surface area contributed by atoms with Gasteiger partial charge < -0.3 is 4.90 Å².